The first-order valence-electron chi connectivity index (χ1n) is 6.47. The lowest BCUT2D eigenvalue weighted by Gasteiger charge is -2.12. The molecule has 0 spiro atoms. The molecule has 0 aliphatic rings. The average Bonchev–Trinajstić information content (AvgIpc) is 2.45. The minimum absolute atomic E-state index is 0.0394. The van der Waals surface area contributed by atoms with Gasteiger partial charge in [-0.3, -0.25) is 9.36 Å². The van der Waals surface area contributed by atoms with Crippen LogP contribution in [0.15, 0.2) is 60.0 Å². The van der Waals surface area contributed by atoms with Crippen molar-refractivity contribution < 1.29 is 0 Å². The summed E-state index contributed by atoms with van der Waals surface area (Å²) in [4.78, 5) is 16.3. The van der Waals surface area contributed by atoms with Crippen LogP contribution in [0.3, 0.4) is 0 Å². The molecular formula is C16H18N2O. The molecule has 0 N–H and O–H groups in total. The Bertz CT molecular complexity index is 602. The van der Waals surface area contributed by atoms with E-state index >= 15 is 0 Å². The Labute approximate surface area is 113 Å². The highest BCUT2D eigenvalue weighted by Gasteiger charge is 2.07. The first-order chi connectivity index (χ1) is 9.22. The summed E-state index contributed by atoms with van der Waals surface area (Å²) in [7, 11) is 0. The van der Waals surface area contributed by atoms with E-state index in [4.69, 9.17) is 0 Å². The first-order valence-corrected chi connectivity index (χ1v) is 6.47. The second-order valence-corrected chi connectivity index (χ2v) is 4.63. The van der Waals surface area contributed by atoms with E-state index in [1.165, 1.54) is 0 Å². The maximum atomic E-state index is 12.1. The van der Waals surface area contributed by atoms with Crippen molar-refractivity contribution in [2.45, 2.75) is 19.8 Å². The SMILES string of the molecule is C=CC(C)CCc1cccc(=O)n1-c1ccccn1. The van der Waals surface area contributed by atoms with Gasteiger partial charge in [-0.1, -0.05) is 25.1 Å². The quantitative estimate of drug-likeness (QED) is 0.769. The summed E-state index contributed by atoms with van der Waals surface area (Å²) in [5.74, 6) is 1.11. The summed E-state index contributed by atoms with van der Waals surface area (Å²) in [5, 5.41) is 0. The van der Waals surface area contributed by atoms with Gasteiger partial charge in [-0.2, -0.15) is 0 Å². The fourth-order valence-corrected chi connectivity index (χ4v) is 1.97. The predicted molar refractivity (Wildman–Crippen MR) is 77.5 cm³/mol. The lowest BCUT2D eigenvalue weighted by Crippen LogP contribution is -2.21. The number of hydrogen-bond acceptors (Lipinski definition) is 2. The van der Waals surface area contributed by atoms with Crippen molar-refractivity contribution in [1.82, 2.24) is 9.55 Å². The molecule has 98 valence electrons. The smallest absolute Gasteiger partial charge is 0.256 e. The van der Waals surface area contributed by atoms with E-state index in [1.54, 1.807) is 22.9 Å². The molecule has 19 heavy (non-hydrogen) atoms. The van der Waals surface area contributed by atoms with Crippen LogP contribution in [0.2, 0.25) is 0 Å². The Morgan fingerprint density at radius 2 is 2.16 bits per heavy atom. The summed E-state index contributed by atoms with van der Waals surface area (Å²) < 4.78 is 1.68. The Hall–Kier alpha value is -2.16. The Balaban J connectivity index is 2.37. The van der Waals surface area contributed by atoms with Gasteiger partial charge in [0.15, 0.2) is 0 Å². The maximum absolute atomic E-state index is 12.1. The zero-order valence-electron chi connectivity index (χ0n) is 11.1. The van der Waals surface area contributed by atoms with E-state index in [-0.39, 0.29) is 5.56 Å². The normalized spacial score (nSPS) is 12.1. The van der Waals surface area contributed by atoms with E-state index in [1.807, 2.05) is 30.3 Å². The minimum Gasteiger partial charge on any atom is -0.269 e. The fourth-order valence-electron chi connectivity index (χ4n) is 1.97. The van der Waals surface area contributed by atoms with E-state index in [2.05, 4.69) is 18.5 Å². The van der Waals surface area contributed by atoms with E-state index < -0.39 is 0 Å². The number of aryl methyl sites for hydroxylation is 1. The largest absolute Gasteiger partial charge is 0.269 e. The summed E-state index contributed by atoms with van der Waals surface area (Å²) in [5.41, 5.74) is 0.947. The van der Waals surface area contributed by atoms with Crippen molar-refractivity contribution in [2.75, 3.05) is 0 Å². The van der Waals surface area contributed by atoms with Crippen LogP contribution >= 0.6 is 0 Å². The van der Waals surface area contributed by atoms with Gasteiger partial charge < -0.3 is 0 Å². The number of aromatic nitrogens is 2. The molecule has 2 rings (SSSR count). The van der Waals surface area contributed by atoms with Gasteiger partial charge in [0.25, 0.3) is 5.56 Å². The zero-order valence-corrected chi connectivity index (χ0v) is 11.1. The Kier molecular flexibility index (Phi) is 4.29. The van der Waals surface area contributed by atoms with E-state index in [9.17, 15) is 4.79 Å². The van der Waals surface area contributed by atoms with Crippen molar-refractivity contribution in [3.63, 3.8) is 0 Å². The monoisotopic (exact) mass is 254 g/mol. The standard InChI is InChI=1S/C16H18N2O/c1-3-13(2)10-11-14-7-6-9-16(19)18(14)15-8-4-5-12-17-15/h3-9,12-13H,1,10-11H2,2H3. The molecule has 2 heterocycles. The molecule has 3 heteroatoms. The molecule has 0 aliphatic heterocycles. The molecule has 0 fully saturated rings. The van der Waals surface area contributed by atoms with Crippen molar-refractivity contribution >= 4 is 0 Å². The summed E-state index contributed by atoms with van der Waals surface area (Å²) >= 11 is 0. The molecule has 1 atom stereocenters. The van der Waals surface area contributed by atoms with Gasteiger partial charge in [0, 0.05) is 18.0 Å². The van der Waals surface area contributed by atoms with Crippen molar-refractivity contribution in [2.24, 2.45) is 5.92 Å². The molecule has 0 saturated heterocycles. The minimum atomic E-state index is -0.0394. The Morgan fingerprint density at radius 1 is 1.32 bits per heavy atom. The molecule has 0 saturated carbocycles. The van der Waals surface area contributed by atoms with Crippen LogP contribution in [-0.2, 0) is 6.42 Å². The van der Waals surface area contributed by atoms with Crippen LogP contribution in [-0.4, -0.2) is 9.55 Å². The molecule has 0 aliphatic carbocycles. The number of allylic oxidation sites excluding steroid dienone is 1. The molecule has 0 aromatic carbocycles. The van der Waals surface area contributed by atoms with Crippen molar-refractivity contribution in [3.8, 4) is 5.82 Å². The molecular weight excluding hydrogens is 236 g/mol. The molecule has 0 bridgehead atoms. The molecule has 2 aromatic rings. The highest BCUT2D eigenvalue weighted by molar-refractivity contribution is 5.26. The Morgan fingerprint density at radius 3 is 2.84 bits per heavy atom. The number of hydrogen-bond donors (Lipinski definition) is 0. The molecule has 0 amide bonds. The maximum Gasteiger partial charge on any atom is 0.256 e. The van der Waals surface area contributed by atoms with E-state index in [0.29, 0.717) is 11.7 Å². The highest BCUT2D eigenvalue weighted by atomic mass is 16.1. The summed E-state index contributed by atoms with van der Waals surface area (Å²) in [6, 6.07) is 10.9. The van der Waals surface area contributed by atoms with Crippen LogP contribution in [0.25, 0.3) is 5.82 Å². The van der Waals surface area contributed by atoms with Gasteiger partial charge in [0.1, 0.15) is 5.82 Å². The number of rotatable bonds is 5. The third-order valence-electron chi connectivity index (χ3n) is 3.17. The van der Waals surface area contributed by atoms with Crippen LogP contribution in [0.1, 0.15) is 19.0 Å². The fraction of sp³-hybridized carbons (Fsp3) is 0.250. The van der Waals surface area contributed by atoms with Gasteiger partial charge >= 0.3 is 0 Å². The van der Waals surface area contributed by atoms with Gasteiger partial charge in [0.2, 0.25) is 0 Å². The second kappa shape index (κ2) is 6.14. The molecule has 1 unspecified atom stereocenters. The first kappa shape index (κ1) is 13.3. The topological polar surface area (TPSA) is 34.9 Å². The summed E-state index contributed by atoms with van der Waals surface area (Å²) in [6.45, 7) is 5.91. The molecule has 0 radical (unpaired) electrons. The summed E-state index contributed by atoms with van der Waals surface area (Å²) in [6.07, 6.45) is 5.44. The lowest BCUT2D eigenvalue weighted by molar-refractivity contribution is 0.629. The molecule has 2 aromatic heterocycles. The van der Waals surface area contributed by atoms with E-state index in [0.717, 1.165) is 18.5 Å². The third-order valence-corrected chi connectivity index (χ3v) is 3.17. The van der Waals surface area contributed by atoms with Crippen LogP contribution < -0.4 is 5.56 Å². The second-order valence-electron chi connectivity index (χ2n) is 4.63. The van der Waals surface area contributed by atoms with Crippen LogP contribution in [0, 0.1) is 5.92 Å². The zero-order chi connectivity index (χ0) is 13.7. The molecule has 3 nitrogen and oxygen atoms in total. The van der Waals surface area contributed by atoms with Crippen molar-refractivity contribution in [1.29, 1.82) is 0 Å². The van der Waals surface area contributed by atoms with Gasteiger partial charge in [-0.05, 0) is 37.0 Å². The predicted octanol–water partition coefficient (Wildman–Crippen LogP) is 2.99. The van der Waals surface area contributed by atoms with Crippen molar-refractivity contribution in [3.05, 3.63) is 71.3 Å². The number of nitrogens with zero attached hydrogens (tertiary/aromatic N) is 2. The average molecular weight is 254 g/mol. The third kappa shape index (κ3) is 3.19. The van der Waals surface area contributed by atoms with Gasteiger partial charge in [0.05, 0.1) is 0 Å². The van der Waals surface area contributed by atoms with Gasteiger partial charge in [-0.15, -0.1) is 6.58 Å². The van der Waals surface area contributed by atoms with Gasteiger partial charge in [-0.25, -0.2) is 4.98 Å². The van der Waals surface area contributed by atoms with Crippen LogP contribution in [0.5, 0.6) is 0 Å². The highest BCUT2D eigenvalue weighted by Crippen LogP contribution is 2.12. The lowest BCUT2D eigenvalue weighted by atomic mass is 10.0. The number of pyridine rings is 2. The van der Waals surface area contributed by atoms with Crippen LogP contribution in [0.4, 0.5) is 0 Å².